The van der Waals surface area contributed by atoms with E-state index in [2.05, 4.69) is 0 Å². The lowest BCUT2D eigenvalue weighted by atomic mass is 9.76. The Bertz CT molecular complexity index is 684. The lowest BCUT2D eigenvalue weighted by Crippen LogP contribution is -2.52. The van der Waals surface area contributed by atoms with Crippen molar-refractivity contribution in [3.05, 3.63) is 60.2 Å². The zero-order chi connectivity index (χ0) is 16.4. The van der Waals surface area contributed by atoms with E-state index < -0.39 is 11.5 Å². The molecule has 0 aromatic heterocycles. The predicted octanol–water partition coefficient (Wildman–Crippen LogP) is 2.96. The molecule has 0 bridgehead atoms. The summed E-state index contributed by atoms with van der Waals surface area (Å²) in [5, 5.41) is 11.1. The smallest absolute Gasteiger partial charge is 0.233 e. The van der Waals surface area contributed by atoms with Crippen LogP contribution in [0.15, 0.2) is 54.6 Å². The first-order chi connectivity index (χ1) is 11.1. The predicted molar refractivity (Wildman–Crippen MR) is 89.5 cm³/mol. The number of rotatable bonds is 3. The molecule has 4 heteroatoms. The minimum Gasteiger partial charge on any atom is -0.497 e. The van der Waals surface area contributed by atoms with E-state index in [1.807, 2.05) is 54.6 Å². The number of ether oxygens (including phenoxy) is 1. The van der Waals surface area contributed by atoms with Gasteiger partial charge < -0.3 is 14.7 Å². The highest BCUT2D eigenvalue weighted by Crippen LogP contribution is 2.39. The van der Waals surface area contributed by atoms with Gasteiger partial charge in [0.2, 0.25) is 5.91 Å². The fourth-order valence-corrected chi connectivity index (χ4v) is 3.19. The molecular weight excluding hydrogens is 290 g/mol. The number of nitrogens with zero attached hydrogens (tertiary/aromatic N) is 1. The third kappa shape index (κ3) is 2.70. The normalized spacial score (nSPS) is 24.6. The van der Waals surface area contributed by atoms with Crippen molar-refractivity contribution < 1.29 is 14.6 Å². The number of aliphatic hydroxyl groups is 1. The Kier molecular flexibility index (Phi) is 4.09. The van der Waals surface area contributed by atoms with E-state index in [9.17, 15) is 9.90 Å². The van der Waals surface area contributed by atoms with Gasteiger partial charge in [-0.1, -0.05) is 37.3 Å². The SMILES string of the molecule is COc1ccc(N2CC[C@](O)(c3ccccc3)[C@@H](C)C2=O)cc1. The molecule has 0 spiro atoms. The molecule has 0 saturated carbocycles. The highest BCUT2D eigenvalue weighted by Gasteiger charge is 2.45. The van der Waals surface area contributed by atoms with Crippen LogP contribution in [0, 0.1) is 5.92 Å². The number of carbonyl (C=O) groups is 1. The van der Waals surface area contributed by atoms with Crippen molar-refractivity contribution in [2.24, 2.45) is 5.92 Å². The van der Waals surface area contributed by atoms with Gasteiger partial charge >= 0.3 is 0 Å². The molecule has 1 saturated heterocycles. The molecule has 120 valence electrons. The number of benzene rings is 2. The van der Waals surface area contributed by atoms with Gasteiger partial charge in [-0.15, -0.1) is 0 Å². The fourth-order valence-electron chi connectivity index (χ4n) is 3.19. The van der Waals surface area contributed by atoms with Gasteiger partial charge in [-0.2, -0.15) is 0 Å². The van der Waals surface area contributed by atoms with Crippen LogP contribution in [-0.2, 0) is 10.4 Å². The maximum Gasteiger partial charge on any atom is 0.233 e. The zero-order valence-electron chi connectivity index (χ0n) is 13.4. The standard InChI is InChI=1S/C19H21NO3/c1-14-18(21)20(16-8-10-17(23-2)11-9-16)13-12-19(14,22)15-6-4-3-5-7-15/h3-11,14,22H,12-13H2,1-2H3/t14-,19+/m0/s1. The van der Waals surface area contributed by atoms with Crippen molar-refractivity contribution in [2.75, 3.05) is 18.6 Å². The molecule has 1 amide bonds. The van der Waals surface area contributed by atoms with Gasteiger partial charge in [0, 0.05) is 12.2 Å². The molecule has 0 radical (unpaired) electrons. The Morgan fingerprint density at radius 1 is 1.13 bits per heavy atom. The van der Waals surface area contributed by atoms with Crippen LogP contribution in [0.5, 0.6) is 5.75 Å². The van der Waals surface area contributed by atoms with Gasteiger partial charge in [-0.25, -0.2) is 0 Å². The number of carbonyl (C=O) groups excluding carboxylic acids is 1. The van der Waals surface area contributed by atoms with Gasteiger partial charge in [0.1, 0.15) is 11.4 Å². The average molecular weight is 311 g/mol. The van der Waals surface area contributed by atoms with Crippen LogP contribution in [-0.4, -0.2) is 24.7 Å². The monoisotopic (exact) mass is 311 g/mol. The number of hydrogen-bond acceptors (Lipinski definition) is 3. The third-order valence-corrected chi connectivity index (χ3v) is 4.73. The molecule has 2 aromatic rings. The highest BCUT2D eigenvalue weighted by molar-refractivity contribution is 5.96. The lowest BCUT2D eigenvalue weighted by molar-refractivity contribution is -0.136. The maximum atomic E-state index is 12.8. The Morgan fingerprint density at radius 3 is 2.39 bits per heavy atom. The summed E-state index contributed by atoms with van der Waals surface area (Å²) in [7, 11) is 1.61. The van der Waals surface area contributed by atoms with Crippen LogP contribution in [0.25, 0.3) is 0 Å². The van der Waals surface area contributed by atoms with E-state index >= 15 is 0 Å². The van der Waals surface area contributed by atoms with E-state index in [1.54, 1.807) is 18.9 Å². The second-order valence-corrected chi connectivity index (χ2v) is 5.95. The largest absolute Gasteiger partial charge is 0.497 e. The lowest BCUT2D eigenvalue weighted by Gasteiger charge is -2.42. The molecule has 23 heavy (non-hydrogen) atoms. The molecule has 1 N–H and O–H groups in total. The Hall–Kier alpha value is -2.33. The summed E-state index contributed by atoms with van der Waals surface area (Å²) in [5.41, 5.74) is 0.523. The van der Waals surface area contributed by atoms with Crippen molar-refractivity contribution >= 4 is 11.6 Å². The van der Waals surface area contributed by atoms with Crippen molar-refractivity contribution in [1.29, 1.82) is 0 Å². The van der Waals surface area contributed by atoms with Crippen LogP contribution >= 0.6 is 0 Å². The van der Waals surface area contributed by atoms with E-state index in [0.717, 1.165) is 17.0 Å². The third-order valence-electron chi connectivity index (χ3n) is 4.73. The summed E-state index contributed by atoms with van der Waals surface area (Å²) < 4.78 is 5.15. The number of anilines is 1. The van der Waals surface area contributed by atoms with Crippen LogP contribution in [0.4, 0.5) is 5.69 Å². The van der Waals surface area contributed by atoms with Gasteiger partial charge in [-0.3, -0.25) is 4.79 Å². The summed E-state index contributed by atoms with van der Waals surface area (Å²) >= 11 is 0. The van der Waals surface area contributed by atoms with Gasteiger partial charge in [0.25, 0.3) is 0 Å². The average Bonchev–Trinajstić information content (AvgIpc) is 2.61. The van der Waals surface area contributed by atoms with Gasteiger partial charge in [0.05, 0.1) is 13.0 Å². The topological polar surface area (TPSA) is 49.8 Å². The molecule has 1 heterocycles. The molecule has 0 aliphatic carbocycles. The number of amides is 1. The first-order valence-electron chi connectivity index (χ1n) is 7.79. The molecule has 3 rings (SSSR count). The van der Waals surface area contributed by atoms with E-state index in [1.165, 1.54) is 0 Å². The molecule has 1 aliphatic rings. The van der Waals surface area contributed by atoms with Gasteiger partial charge in [-0.05, 0) is 36.2 Å². The highest BCUT2D eigenvalue weighted by atomic mass is 16.5. The summed E-state index contributed by atoms with van der Waals surface area (Å²) in [6.45, 7) is 2.28. The molecular formula is C19H21NO3. The van der Waals surface area contributed by atoms with Gasteiger partial charge in [0.15, 0.2) is 0 Å². The second kappa shape index (κ2) is 6.05. The van der Waals surface area contributed by atoms with E-state index in [4.69, 9.17) is 4.74 Å². The number of hydrogen-bond donors (Lipinski definition) is 1. The van der Waals surface area contributed by atoms with Crippen LogP contribution in [0.3, 0.4) is 0 Å². The molecule has 2 atom stereocenters. The molecule has 4 nitrogen and oxygen atoms in total. The number of piperidine rings is 1. The minimum absolute atomic E-state index is 0.0623. The number of methoxy groups -OCH3 is 1. The first-order valence-corrected chi connectivity index (χ1v) is 7.79. The zero-order valence-corrected chi connectivity index (χ0v) is 13.4. The van der Waals surface area contributed by atoms with Crippen molar-refractivity contribution in [2.45, 2.75) is 18.9 Å². The van der Waals surface area contributed by atoms with Crippen LogP contribution < -0.4 is 9.64 Å². The van der Waals surface area contributed by atoms with E-state index in [0.29, 0.717) is 13.0 Å². The van der Waals surface area contributed by atoms with Crippen molar-refractivity contribution in [3.63, 3.8) is 0 Å². The first kappa shape index (κ1) is 15.6. The maximum absolute atomic E-state index is 12.8. The molecule has 0 unspecified atom stereocenters. The Morgan fingerprint density at radius 2 is 1.78 bits per heavy atom. The minimum atomic E-state index is -1.11. The van der Waals surface area contributed by atoms with E-state index in [-0.39, 0.29) is 5.91 Å². The summed E-state index contributed by atoms with van der Waals surface area (Å²) in [6, 6.07) is 16.9. The van der Waals surface area contributed by atoms with Crippen molar-refractivity contribution in [3.8, 4) is 5.75 Å². The Balaban J connectivity index is 1.86. The fraction of sp³-hybridized carbons (Fsp3) is 0.316. The quantitative estimate of drug-likeness (QED) is 0.948. The summed E-state index contributed by atoms with van der Waals surface area (Å²) in [4.78, 5) is 14.5. The summed E-state index contributed by atoms with van der Waals surface area (Å²) in [6.07, 6.45) is 0.510. The summed E-state index contributed by atoms with van der Waals surface area (Å²) in [5.74, 6) is 0.195. The molecule has 2 aromatic carbocycles. The van der Waals surface area contributed by atoms with Crippen LogP contribution in [0.2, 0.25) is 0 Å². The second-order valence-electron chi connectivity index (χ2n) is 5.95. The van der Waals surface area contributed by atoms with Crippen molar-refractivity contribution in [1.82, 2.24) is 0 Å². The Labute approximate surface area is 136 Å². The molecule has 1 aliphatic heterocycles. The molecule has 1 fully saturated rings. The van der Waals surface area contributed by atoms with Crippen LogP contribution in [0.1, 0.15) is 18.9 Å².